The second-order valence-corrected chi connectivity index (χ2v) is 35.2. The molecule has 0 fully saturated rings. The van der Waals surface area contributed by atoms with Crippen molar-refractivity contribution in [2.24, 2.45) is 0 Å². The van der Waals surface area contributed by atoms with Crippen molar-refractivity contribution in [1.29, 1.82) is 0 Å². The van der Waals surface area contributed by atoms with Crippen LogP contribution in [0.3, 0.4) is 0 Å². The summed E-state index contributed by atoms with van der Waals surface area (Å²) in [7, 11) is 0. The van der Waals surface area contributed by atoms with Crippen LogP contribution < -0.4 is 0 Å². The fourth-order valence-corrected chi connectivity index (χ4v) is 17.3. The van der Waals surface area contributed by atoms with E-state index in [2.05, 4.69) is 129 Å². The van der Waals surface area contributed by atoms with Gasteiger partial charge in [-0.15, -0.1) is 0 Å². The molecule has 1 aliphatic rings. The van der Waals surface area contributed by atoms with Crippen molar-refractivity contribution in [2.75, 3.05) is 0 Å². The van der Waals surface area contributed by atoms with Crippen LogP contribution in [-0.4, -0.2) is 4.70 Å². The summed E-state index contributed by atoms with van der Waals surface area (Å²) in [5.74, 6) is 7.14. The van der Waals surface area contributed by atoms with Gasteiger partial charge in [0.1, 0.15) is 5.57 Å². The smallest absolute Gasteiger partial charge is 0.0654 e. The van der Waals surface area contributed by atoms with E-state index in [9.17, 15) is 5.53 Å². The summed E-state index contributed by atoms with van der Waals surface area (Å²) in [5, 5.41) is 2.87. The molecule has 1 aliphatic heterocycles. The summed E-state index contributed by atoms with van der Waals surface area (Å²) in [6.45, 7) is 13.7. The molecule has 0 saturated carbocycles. The molecule has 2 nitrogen and oxygen atoms in total. The van der Waals surface area contributed by atoms with Crippen molar-refractivity contribution in [3.05, 3.63) is 99.6 Å². The predicted octanol–water partition coefficient (Wildman–Crippen LogP) is 37.4. The van der Waals surface area contributed by atoms with E-state index in [0.717, 1.165) is 65.8 Å². The Bertz CT molecular complexity index is 2300. The molecule has 0 atom stereocenters. The molecule has 0 saturated heterocycles. The third-order valence-corrected chi connectivity index (χ3v) is 24.7. The van der Waals surface area contributed by atoms with Crippen LogP contribution in [0.25, 0.3) is 16.9 Å². The molecule has 0 aromatic heterocycles. The van der Waals surface area contributed by atoms with Crippen LogP contribution in [0.1, 0.15) is 539 Å². The molecule has 3 rings (SSSR count). The number of unbranched alkanes of at least 4 members (excludes halogenated alkanes) is 68. The fraction of sp³-hybridized carbons (Fsp3) is 0.808. The Labute approximate surface area is 677 Å². The molecule has 0 radical (unpaired) electrons. The first kappa shape index (κ1) is 100. The van der Waals surface area contributed by atoms with Gasteiger partial charge in [-0.25, -0.2) is 4.70 Å². The standard InChI is InChI=1S/C48H70N2.2C28H57.Ni/c1-5-9-13-15-17-18-19-20-21-22-23-25-28-35-46-45(34-27-24-16-14-10-6-2)47(43-38-36-41(37-39-43)31-26-11-7-3)50(49)48(46)44-33-29-32-42(40-44)30-12-8-4;2*1-3-5-7-9-11-13-15-17-19-21-23-25-27-28-26-24-22-20-18-16-14-12-10-8-6-4-2;/h28-29,32-33,35-40H,5-26,30-31H2,1-4H3;2*1,3-28H2,2H3;. The van der Waals surface area contributed by atoms with Crippen molar-refractivity contribution in [2.45, 2.75) is 540 Å². The Morgan fingerprint density at radius 3 is 0.935 bits per heavy atom. The van der Waals surface area contributed by atoms with Gasteiger partial charge in [0.15, 0.2) is 0 Å². The Hall–Kier alpha value is -2.69. The van der Waals surface area contributed by atoms with E-state index in [-0.39, 0.29) is 0 Å². The number of nitrogens with zero attached hydrogens (tertiary/aromatic N) is 2. The molecule has 0 N–H and O–H groups in total. The van der Waals surface area contributed by atoms with Gasteiger partial charge in [-0.1, -0.05) is 385 Å². The topological polar surface area (TPSA) is 25.3 Å². The monoisotopic (exact) mass is 1520 g/mol. The van der Waals surface area contributed by atoms with Crippen LogP contribution in [0.2, 0.25) is 10.8 Å². The van der Waals surface area contributed by atoms with E-state index in [4.69, 9.17) is 0 Å². The van der Waals surface area contributed by atoms with Gasteiger partial charge in [0.2, 0.25) is 11.4 Å². The van der Waals surface area contributed by atoms with Crippen molar-refractivity contribution < 1.29 is 19.1 Å². The predicted molar refractivity (Wildman–Crippen MR) is 480 cm³/mol. The Morgan fingerprint density at radius 1 is 0.290 bits per heavy atom. The normalized spacial score (nSPS) is 12.4. The third kappa shape index (κ3) is 61.5. The number of benzene rings is 2. The van der Waals surface area contributed by atoms with Crippen LogP contribution in [-0.2, 0) is 27.3 Å². The van der Waals surface area contributed by atoms with Crippen LogP contribution in [0.4, 0.5) is 0 Å². The van der Waals surface area contributed by atoms with Crippen molar-refractivity contribution in [3.8, 4) is 11.8 Å². The first-order valence-electron chi connectivity index (χ1n) is 48.8. The second kappa shape index (κ2) is 81.3. The SMILES string of the molecule is CCCCCCC#CC1=C(c2ccc(CCCCC)cc2)[N+](=[N-])C(c2cccc(CCCC)c2)=C1C=CCCCCCCCCCCCCC.CCCCCCCCCCCCCCCCCCCCCCCCCCC[CH2][Ni][CH2]CCCCCCCCCCCCCCCCCCCCCCCCCCC. The second-order valence-electron chi connectivity index (χ2n) is 33.7. The minimum atomic E-state index is 0.814. The van der Waals surface area contributed by atoms with Gasteiger partial charge in [0, 0.05) is 17.5 Å². The fourth-order valence-electron chi connectivity index (χ4n) is 16.0. The van der Waals surface area contributed by atoms with Gasteiger partial charge < -0.3 is 5.53 Å². The molecule has 0 amide bonds. The minimum Gasteiger partial charge on any atom is -0.0654 e. The molecular formula is C104H184N2Ni. The summed E-state index contributed by atoms with van der Waals surface area (Å²) in [4.78, 5) is 0. The number of aryl methyl sites for hydroxylation is 2. The molecule has 1 heterocycles. The van der Waals surface area contributed by atoms with Gasteiger partial charge in [-0.3, -0.25) is 0 Å². The molecule has 0 bridgehead atoms. The molecular weight excluding hydrogens is 1340 g/mol. The van der Waals surface area contributed by atoms with E-state index in [1.54, 1.807) is 0 Å². The zero-order valence-electron chi connectivity index (χ0n) is 73.1. The average molecular weight is 1520 g/mol. The summed E-state index contributed by atoms with van der Waals surface area (Å²) in [6.07, 6.45) is 112. The minimum absolute atomic E-state index is 0.814. The molecule has 620 valence electrons. The molecule has 2 aromatic rings. The first-order valence-corrected chi connectivity index (χ1v) is 50.2. The maximum atomic E-state index is 12.1. The molecule has 2 aromatic carbocycles. The summed E-state index contributed by atoms with van der Waals surface area (Å²) >= 11 is 2.05. The van der Waals surface area contributed by atoms with Gasteiger partial charge in [-0.05, 0) is 80.3 Å². The summed E-state index contributed by atoms with van der Waals surface area (Å²) in [6, 6.07) is 17.7. The Morgan fingerprint density at radius 2 is 0.589 bits per heavy atom. The van der Waals surface area contributed by atoms with Crippen molar-refractivity contribution in [3.63, 3.8) is 0 Å². The zero-order chi connectivity index (χ0) is 76.5. The third-order valence-electron chi connectivity index (χ3n) is 23.3. The average Bonchev–Trinajstić information content (AvgIpc) is 1.61. The van der Waals surface area contributed by atoms with Gasteiger partial charge in [0.25, 0.3) is 0 Å². The van der Waals surface area contributed by atoms with Crippen LogP contribution >= 0.6 is 0 Å². The number of hydrogen-bond donors (Lipinski definition) is 0. The molecule has 107 heavy (non-hydrogen) atoms. The Kier molecular flexibility index (Phi) is 76.3. The van der Waals surface area contributed by atoms with E-state index < -0.39 is 0 Å². The van der Waals surface area contributed by atoms with Gasteiger partial charge in [-0.2, -0.15) is 0 Å². The van der Waals surface area contributed by atoms with Gasteiger partial charge >= 0.3 is 166 Å². The quantitative estimate of drug-likeness (QED) is 0.0273. The summed E-state index contributed by atoms with van der Waals surface area (Å²) in [5.41, 5.74) is 20.5. The van der Waals surface area contributed by atoms with E-state index in [1.165, 1.54) is 482 Å². The molecule has 0 spiro atoms. The van der Waals surface area contributed by atoms with E-state index in [1.807, 2.05) is 0 Å². The van der Waals surface area contributed by atoms with E-state index >= 15 is 0 Å². The van der Waals surface area contributed by atoms with Gasteiger partial charge in [0.05, 0.1) is 5.57 Å². The molecule has 3 heteroatoms. The van der Waals surface area contributed by atoms with E-state index in [0.29, 0.717) is 0 Å². The number of hydrogen-bond acceptors (Lipinski definition) is 0. The Balaban J connectivity index is 0.000000732. The van der Waals surface area contributed by atoms with Crippen LogP contribution in [0, 0.1) is 11.8 Å². The summed E-state index contributed by atoms with van der Waals surface area (Å²) < 4.78 is 1.45. The molecule has 0 aliphatic carbocycles. The van der Waals surface area contributed by atoms with Crippen molar-refractivity contribution >= 4 is 11.4 Å². The first-order chi connectivity index (χ1) is 53.1. The number of allylic oxidation sites excluding steroid dienone is 4. The molecule has 0 unspecified atom stereocenters. The maximum absolute atomic E-state index is 12.1. The number of rotatable bonds is 80. The van der Waals surface area contributed by atoms with Crippen LogP contribution in [0.15, 0.2) is 71.8 Å². The van der Waals surface area contributed by atoms with Crippen molar-refractivity contribution in [1.82, 2.24) is 0 Å². The zero-order valence-corrected chi connectivity index (χ0v) is 74.1. The van der Waals surface area contributed by atoms with Crippen LogP contribution in [0.5, 0.6) is 0 Å².